The maximum atomic E-state index is 11.3. The van der Waals surface area contributed by atoms with Gasteiger partial charge >= 0.3 is 0 Å². The fourth-order valence-corrected chi connectivity index (χ4v) is 2.70. The Hall–Kier alpha value is -1.71. The minimum absolute atomic E-state index is 0.175. The van der Waals surface area contributed by atoms with E-state index in [-0.39, 0.29) is 5.91 Å². The Bertz CT molecular complexity index is 460. The van der Waals surface area contributed by atoms with Crippen LogP contribution < -0.4 is 9.64 Å². The van der Waals surface area contributed by atoms with Crippen LogP contribution in [0.15, 0.2) is 24.3 Å². The lowest BCUT2D eigenvalue weighted by Gasteiger charge is -2.35. The van der Waals surface area contributed by atoms with Crippen molar-refractivity contribution in [3.63, 3.8) is 0 Å². The molecule has 0 radical (unpaired) electrons. The lowest BCUT2D eigenvalue weighted by Crippen LogP contribution is -2.48. The van der Waals surface area contributed by atoms with Crippen molar-refractivity contribution >= 4 is 11.6 Å². The smallest absolute Gasteiger partial charge is 0.219 e. The van der Waals surface area contributed by atoms with Crippen molar-refractivity contribution in [3.05, 3.63) is 24.3 Å². The third kappa shape index (κ3) is 2.89. The number of hydrogen-bond acceptors (Lipinski definition) is 3. The van der Waals surface area contributed by atoms with E-state index in [0.717, 1.165) is 31.9 Å². The monoisotopic (exact) mass is 274 g/mol. The van der Waals surface area contributed by atoms with Gasteiger partial charge in [-0.1, -0.05) is 0 Å². The first kappa shape index (κ1) is 13.3. The second kappa shape index (κ2) is 5.73. The van der Waals surface area contributed by atoms with E-state index in [4.69, 9.17) is 4.74 Å². The van der Waals surface area contributed by atoms with Crippen LogP contribution in [0.1, 0.15) is 26.2 Å². The molecule has 0 atom stereocenters. The summed E-state index contributed by atoms with van der Waals surface area (Å²) in [5.41, 5.74) is 1.22. The molecule has 0 N–H and O–H groups in total. The number of nitrogens with zero attached hydrogens (tertiary/aromatic N) is 2. The standard InChI is InChI=1S/C16H22N2O2/c1-13(19)17-9-11-18(12-10-17)14-5-7-16(8-6-14)20-15-3-2-4-15/h5-8,15H,2-4,9-12H2,1H3. The maximum absolute atomic E-state index is 11.3. The molecule has 2 aliphatic rings. The second-order valence-corrected chi connectivity index (χ2v) is 5.66. The van der Waals surface area contributed by atoms with Crippen molar-refractivity contribution in [2.45, 2.75) is 32.3 Å². The Kier molecular flexibility index (Phi) is 3.81. The molecule has 4 heteroatoms. The Morgan fingerprint density at radius 1 is 1.10 bits per heavy atom. The van der Waals surface area contributed by atoms with Crippen LogP contribution in [0.5, 0.6) is 5.75 Å². The molecule has 1 heterocycles. The van der Waals surface area contributed by atoms with Gasteiger partial charge in [0.2, 0.25) is 5.91 Å². The van der Waals surface area contributed by atoms with Crippen molar-refractivity contribution in [3.8, 4) is 5.75 Å². The highest BCUT2D eigenvalue weighted by molar-refractivity contribution is 5.73. The predicted octanol–water partition coefficient (Wildman–Crippen LogP) is 2.29. The summed E-state index contributed by atoms with van der Waals surface area (Å²) < 4.78 is 5.87. The fourth-order valence-electron chi connectivity index (χ4n) is 2.70. The third-order valence-electron chi connectivity index (χ3n) is 4.28. The van der Waals surface area contributed by atoms with Crippen LogP contribution in [0.4, 0.5) is 5.69 Å². The fraction of sp³-hybridized carbons (Fsp3) is 0.562. The van der Waals surface area contributed by atoms with Gasteiger partial charge in [0.15, 0.2) is 0 Å². The van der Waals surface area contributed by atoms with Crippen LogP contribution in [0, 0.1) is 0 Å². The largest absolute Gasteiger partial charge is 0.490 e. The summed E-state index contributed by atoms with van der Waals surface area (Å²) in [6.07, 6.45) is 4.10. The van der Waals surface area contributed by atoms with E-state index in [1.807, 2.05) is 4.90 Å². The zero-order valence-electron chi connectivity index (χ0n) is 12.0. The second-order valence-electron chi connectivity index (χ2n) is 5.66. The molecule has 1 saturated carbocycles. The van der Waals surface area contributed by atoms with Crippen LogP contribution in [-0.4, -0.2) is 43.1 Å². The van der Waals surface area contributed by atoms with Crippen LogP contribution in [0.3, 0.4) is 0 Å². The topological polar surface area (TPSA) is 32.8 Å². The number of benzene rings is 1. The highest BCUT2D eigenvalue weighted by atomic mass is 16.5. The first-order valence-electron chi connectivity index (χ1n) is 7.49. The summed E-state index contributed by atoms with van der Waals surface area (Å²) in [5.74, 6) is 1.15. The lowest BCUT2D eigenvalue weighted by molar-refractivity contribution is -0.129. The predicted molar refractivity (Wildman–Crippen MR) is 79.2 cm³/mol. The number of carbonyl (C=O) groups is 1. The maximum Gasteiger partial charge on any atom is 0.219 e. The number of carbonyl (C=O) groups excluding carboxylic acids is 1. The molecule has 0 aromatic heterocycles. The highest BCUT2D eigenvalue weighted by Gasteiger charge is 2.20. The summed E-state index contributed by atoms with van der Waals surface area (Å²) >= 11 is 0. The Morgan fingerprint density at radius 2 is 1.75 bits per heavy atom. The first-order chi connectivity index (χ1) is 9.72. The van der Waals surface area contributed by atoms with Gasteiger partial charge < -0.3 is 14.5 Å². The number of rotatable bonds is 3. The number of ether oxygens (including phenoxy) is 1. The molecule has 1 amide bonds. The molecule has 1 aliphatic heterocycles. The van der Waals surface area contributed by atoms with Crippen molar-refractivity contribution in [1.82, 2.24) is 4.90 Å². The molecular weight excluding hydrogens is 252 g/mol. The van der Waals surface area contributed by atoms with E-state index in [0.29, 0.717) is 6.10 Å². The molecule has 1 aromatic carbocycles. The van der Waals surface area contributed by atoms with Crippen molar-refractivity contribution in [2.24, 2.45) is 0 Å². The molecule has 20 heavy (non-hydrogen) atoms. The summed E-state index contributed by atoms with van der Waals surface area (Å²) in [5, 5.41) is 0. The van der Waals surface area contributed by atoms with E-state index in [1.54, 1.807) is 6.92 Å². The average molecular weight is 274 g/mol. The minimum Gasteiger partial charge on any atom is -0.490 e. The Morgan fingerprint density at radius 3 is 2.25 bits per heavy atom. The zero-order valence-corrected chi connectivity index (χ0v) is 12.0. The van der Waals surface area contributed by atoms with Crippen LogP contribution >= 0.6 is 0 Å². The van der Waals surface area contributed by atoms with Crippen molar-refractivity contribution in [1.29, 1.82) is 0 Å². The van der Waals surface area contributed by atoms with Crippen molar-refractivity contribution in [2.75, 3.05) is 31.1 Å². The molecular formula is C16H22N2O2. The highest BCUT2D eigenvalue weighted by Crippen LogP contribution is 2.27. The van der Waals surface area contributed by atoms with Gasteiger partial charge in [-0.2, -0.15) is 0 Å². The van der Waals surface area contributed by atoms with E-state index in [1.165, 1.54) is 24.9 Å². The quantitative estimate of drug-likeness (QED) is 0.848. The van der Waals surface area contributed by atoms with Crippen LogP contribution in [0.25, 0.3) is 0 Å². The molecule has 108 valence electrons. The van der Waals surface area contributed by atoms with Gasteiger partial charge in [0.1, 0.15) is 5.75 Å². The van der Waals surface area contributed by atoms with Crippen LogP contribution in [0.2, 0.25) is 0 Å². The zero-order chi connectivity index (χ0) is 13.9. The van der Waals surface area contributed by atoms with Gasteiger partial charge in [-0.15, -0.1) is 0 Å². The average Bonchev–Trinajstić information content (AvgIpc) is 2.44. The summed E-state index contributed by atoms with van der Waals surface area (Å²) in [6.45, 7) is 5.08. The molecule has 4 nitrogen and oxygen atoms in total. The number of amides is 1. The molecule has 1 aromatic rings. The third-order valence-corrected chi connectivity index (χ3v) is 4.28. The van der Waals surface area contributed by atoms with Gasteiger partial charge in [-0.05, 0) is 43.5 Å². The van der Waals surface area contributed by atoms with Gasteiger partial charge in [0.05, 0.1) is 6.10 Å². The molecule has 0 spiro atoms. The van der Waals surface area contributed by atoms with Crippen LogP contribution in [-0.2, 0) is 4.79 Å². The number of piperazine rings is 1. The van der Waals surface area contributed by atoms with Gasteiger partial charge in [0.25, 0.3) is 0 Å². The molecule has 1 aliphatic carbocycles. The van der Waals surface area contributed by atoms with E-state index < -0.39 is 0 Å². The first-order valence-corrected chi connectivity index (χ1v) is 7.49. The number of hydrogen-bond donors (Lipinski definition) is 0. The van der Waals surface area contributed by atoms with E-state index in [2.05, 4.69) is 29.2 Å². The molecule has 1 saturated heterocycles. The Balaban J connectivity index is 1.56. The molecule has 2 fully saturated rings. The number of anilines is 1. The molecule has 0 bridgehead atoms. The van der Waals surface area contributed by atoms with Gasteiger partial charge in [-0.25, -0.2) is 0 Å². The molecule has 0 unspecified atom stereocenters. The summed E-state index contributed by atoms with van der Waals surface area (Å²) in [7, 11) is 0. The lowest BCUT2D eigenvalue weighted by atomic mass is 9.96. The molecule has 3 rings (SSSR count). The van der Waals surface area contributed by atoms with Gasteiger partial charge in [0, 0.05) is 38.8 Å². The SMILES string of the molecule is CC(=O)N1CCN(c2ccc(OC3CCC3)cc2)CC1. The summed E-state index contributed by atoms with van der Waals surface area (Å²) in [4.78, 5) is 15.5. The minimum atomic E-state index is 0.175. The van der Waals surface area contributed by atoms with Crippen molar-refractivity contribution < 1.29 is 9.53 Å². The van der Waals surface area contributed by atoms with Gasteiger partial charge in [-0.3, -0.25) is 4.79 Å². The Labute approximate surface area is 120 Å². The van der Waals surface area contributed by atoms with E-state index >= 15 is 0 Å². The summed E-state index contributed by atoms with van der Waals surface area (Å²) in [6, 6.07) is 8.37. The van der Waals surface area contributed by atoms with E-state index in [9.17, 15) is 4.79 Å². The normalized spacial score (nSPS) is 19.6.